The lowest BCUT2D eigenvalue weighted by Gasteiger charge is -2.09. The van der Waals surface area contributed by atoms with Crippen LogP contribution in [0.25, 0.3) is 17.3 Å². The van der Waals surface area contributed by atoms with Crippen LogP contribution in [0.4, 0.5) is 5.13 Å². The van der Waals surface area contributed by atoms with E-state index >= 15 is 0 Å². The molecule has 0 atom stereocenters. The van der Waals surface area contributed by atoms with Crippen LogP contribution in [0, 0.1) is 0 Å². The number of nitrogens with one attached hydrogen (secondary N) is 1. The van der Waals surface area contributed by atoms with Crippen molar-refractivity contribution < 1.29 is 19.0 Å². The monoisotopic (exact) mass is 442 g/mol. The van der Waals surface area contributed by atoms with Crippen LogP contribution >= 0.6 is 22.9 Å². The number of benzene rings is 2. The Balaban J connectivity index is 1.42. The number of hydrogen-bond acceptors (Lipinski definition) is 6. The highest BCUT2D eigenvalue weighted by atomic mass is 35.5. The van der Waals surface area contributed by atoms with E-state index in [0.717, 1.165) is 29.0 Å². The molecule has 154 valence electrons. The lowest BCUT2D eigenvalue weighted by molar-refractivity contribution is -0.111. The Morgan fingerprint density at radius 1 is 1.23 bits per heavy atom. The van der Waals surface area contributed by atoms with E-state index in [1.165, 1.54) is 17.4 Å². The summed E-state index contributed by atoms with van der Waals surface area (Å²) in [6, 6.07) is 11.1. The Bertz CT molecular complexity index is 1080. The second-order valence-corrected chi connectivity index (χ2v) is 7.73. The summed E-state index contributed by atoms with van der Waals surface area (Å²) in [5, 5.41) is 5.65. The van der Waals surface area contributed by atoms with E-state index in [9.17, 15) is 4.79 Å². The van der Waals surface area contributed by atoms with Crippen molar-refractivity contribution in [2.75, 3.05) is 25.6 Å². The number of ether oxygens (including phenoxy) is 3. The highest BCUT2D eigenvalue weighted by Gasteiger charge is 2.15. The number of nitrogens with zero attached hydrogens (tertiary/aromatic N) is 1. The van der Waals surface area contributed by atoms with Crippen molar-refractivity contribution in [3.8, 4) is 28.5 Å². The molecular weight excluding hydrogens is 424 g/mol. The predicted molar refractivity (Wildman–Crippen MR) is 119 cm³/mol. The number of halogens is 1. The van der Waals surface area contributed by atoms with Crippen LogP contribution in [-0.4, -0.2) is 31.2 Å². The SMILES string of the molecule is COc1ccc(-c2csc(NC(=O)/C=C/c3cc(Cl)c4c(c3)OCCCO4)n2)cc1. The third-order valence-electron chi connectivity index (χ3n) is 4.37. The third kappa shape index (κ3) is 4.75. The van der Waals surface area contributed by atoms with Gasteiger partial charge in [0.25, 0.3) is 0 Å². The normalized spacial score (nSPS) is 13.1. The van der Waals surface area contributed by atoms with E-state index in [-0.39, 0.29) is 5.91 Å². The first-order chi connectivity index (χ1) is 14.6. The lowest BCUT2D eigenvalue weighted by Crippen LogP contribution is -2.07. The average Bonchev–Trinajstić information content (AvgIpc) is 3.08. The van der Waals surface area contributed by atoms with Gasteiger partial charge in [0.05, 0.1) is 31.0 Å². The zero-order valence-electron chi connectivity index (χ0n) is 16.2. The molecule has 8 heteroatoms. The van der Waals surface area contributed by atoms with Crippen molar-refractivity contribution in [1.82, 2.24) is 4.98 Å². The van der Waals surface area contributed by atoms with Gasteiger partial charge in [0.2, 0.25) is 5.91 Å². The molecule has 0 unspecified atom stereocenters. The lowest BCUT2D eigenvalue weighted by atomic mass is 10.2. The Morgan fingerprint density at radius 3 is 2.83 bits per heavy atom. The minimum absolute atomic E-state index is 0.283. The minimum atomic E-state index is -0.283. The summed E-state index contributed by atoms with van der Waals surface area (Å²) in [5.74, 6) is 1.63. The van der Waals surface area contributed by atoms with E-state index in [1.54, 1.807) is 19.3 Å². The van der Waals surface area contributed by atoms with Gasteiger partial charge in [0, 0.05) is 23.4 Å². The first-order valence-corrected chi connectivity index (χ1v) is 10.6. The van der Waals surface area contributed by atoms with Gasteiger partial charge >= 0.3 is 0 Å². The fraction of sp³-hybridized carbons (Fsp3) is 0.182. The smallest absolute Gasteiger partial charge is 0.250 e. The molecule has 1 amide bonds. The second-order valence-electron chi connectivity index (χ2n) is 6.47. The molecule has 3 aromatic rings. The van der Waals surface area contributed by atoms with Gasteiger partial charge < -0.3 is 14.2 Å². The van der Waals surface area contributed by atoms with Gasteiger partial charge in [-0.3, -0.25) is 10.1 Å². The van der Waals surface area contributed by atoms with Gasteiger partial charge in [-0.05, 0) is 48.0 Å². The van der Waals surface area contributed by atoms with Gasteiger partial charge in [-0.2, -0.15) is 0 Å². The van der Waals surface area contributed by atoms with Gasteiger partial charge in [-0.1, -0.05) is 11.6 Å². The standard InChI is InChI=1S/C22H19ClN2O4S/c1-27-16-6-4-15(5-7-16)18-13-30-22(24-18)25-20(26)8-3-14-11-17(23)21-19(12-14)28-9-2-10-29-21/h3-8,11-13H,2,9-10H2,1H3,(H,24,25,26)/b8-3+. The fourth-order valence-electron chi connectivity index (χ4n) is 2.89. The Kier molecular flexibility index (Phi) is 6.21. The number of methoxy groups -OCH3 is 1. The summed E-state index contributed by atoms with van der Waals surface area (Å²) < 4.78 is 16.5. The van der Waals surface area contributed by atoms with Crippen LogP contribution in [0.5, 0.6) is 17.2 Å². The highest BCUT2D eigenvalue weighted by Crippen LogP contribution is 2.38. The summed E-state index contributed by atoms with van der Waals surface area (Å²) in [5.41, 5.74) is 2.49. The number of amides is 1. The number of aromatic nitrogens is 1. The Labute approximate surface area is 183 Å². The molecule has 1 N–H and O–H groups in total. The van der Waals surface area contributed by atoms with Gasteiger partial charge in [0.15, 0.2) is 16.6 Å². The number of thiazole rings is 1. The number of carbonyl (C=O) groups is 1. The number of hydrogen-bond donors (Lipinski definition) is 1. The van der Waals surface area contributed by atoms with Crippen molar-refractivity contribution in [1.29, 1.82) is 0 Å². The topological polar surface area (TPSA) is 69.7 Å². The molecular formula is C22H19ClN2O4S. The molecule has 30 heavy (non-hydrogen) atoms. The zero-order chi connectivity index (χ0) is 20.9. The zero-order valence-corrected chi connectivity index (χ0v) is 17.8. The summed E-state index contributed by atoms with van der Waals surface area (Å²) in [6.07, 6.45) is 3.91. The summed E-state index contributed by atoms with van der Waals surface area (Å²) in [7, 11) is 1.62. The molecule has 0 radical (unpaired) electrons. The number of anilines is 1. The van der Waals surface area contributed by atoms with Crippen LogP contribution in [-0.2, 0) is 4.79 Å². The molecule has 2 heterocycles. The number of carbonyl (C=O) groups excluding carboxylic acids is 1. The molecule has 0 aliphatic carbocycles. The summed E-state index contributed by atoms with van der Waals surface area (Å²) in [4.78, 5) is 16.8. The Morgan fingerprint density at radius 2 is 2.03 bits per heavy atom. The highest BCUT2D eigenvalue weighted by molar-refractivity contribution is 7.14. The molecule has 2 aromatic carbocycles. The molecule has 4 rings (SSSR count). The van der Waals surface area contributed by atoms with E-state index < -0.39 is 0 Å². The average molecular weight is 443 g/mol. The van der Waals surface area contributed by atoms with E-state index in [4.69, 9.17) is 25.8 Å². The van der Waals surface area contributed by atoms with Gasteiger partial charge in [-0.15, -0.1) is 11.3 Å². The fourth-order valence-corrected chi connectivity index (χ4v) is 3.89. The van der Waals surface area contributed by atoms with Gasteiger partial charge in [-0.25, -0.2) is 4.98 Å². The molecule has 1 aliphatic heterocycles. The van der Waals surface area contributed by atoms with Crippen molar-refractivity contribution in [2.24, 2.45) is 0 Å². The maximum absolute atomic E-state index is 12.3. The molecule has 0 bridgehead atoms. The maximum atomic E-state index is 12.3. The first-order valence-electron chi connectivity index (χ1n) is 9.30. The quantitative estimate of drug-likeness (QED) is 0.544. The largest absolute Gasteiger partial charge is 0.497 e. The van der Waals surface area contributed by atoms with E-state index in [1.807, 2.05) is 35.7 Å². The predicted octanol–water partition coefficient (Wildman–Crippen LogP) is 5.29. The van der Waals surface area contributed by atoms with Crippen molar-refractivity contribution in [3.05, 3.63) is 58.4 Å². The molecule has 0 spiro atoms. The summed E-state index contributed by atoms with van der Waals surface area (Å²) in [6.45, 7) is 1.13. The molecule has 1 aliphatic rings. The number of fused-ring (bicyclic) bond motifs is 1. The molecule has 0 saturated carbocycles. The van der Waals surface area contributed by atoms with Crippen molar-refractivity contribution >= 4 is 40.1 Å². The second kappa shape index (κ2) is 9.19. The minimum Gasteiger partial charge on any atom is -0.497 e. The molecule has 0 fully saturated rings. The van der Waals surface area contributed by atoms with Crippen molar-refractivity contribution in [2.45, 2.75) is 6.42 Å². The number of rotatable bonds is 5. The Hall–Kier alpha value is -3.03. The van der Waals surface area contributed by atoms with Crippen LogP contribution in [0.2, 0.25) is 5.02 Å². The van der Waals surface area contributed by atoms with Crippen LogP contribution in [0.1, 0.15) is 12.0 Å². The molecule has 0 saturated heterocycles. The maximum Gasteiger partial charge on any atom is 0.250 e. The molecule has 1 aromatic heterocycles. The summed E-state index contributed by atoms with van der Waals surface area (Å²) >= 11 is 7.65. The third-order valence-corrected chi connectivity index (χ3v) is 5.41. The van der Waals surface area contributed by atoms with E-state index in [0.29, 0.717) is 34.9 Å². The van der Waals surface area contributed by atoms with E-state index in [2.05, 4.69) is 10.3 Å². The van der Waals surface area contributed by atoms with Crippen molar-refractivity contribution in [3.63, 3.8) is 0 Å². The van der Waals surface area contributed by atoms with Crippen LogP contribution in [0.3, 0.4) is 0 Å². The van der Waals surface area contributed by atoms with Crippen LogP contribution in [0.15, 0.2) is 47.9 Å². The van der Waals surface area contributed by atoms with Crippen LogP contribution < -0.4 is 19.5 Å². The first kappa shape index (κ1) is 20.3. The molecule has 6 nitrogen and oxygen atoms in total. The van der Waals surface area contributed by atoms with Gasteiger partial charge in [0.1, 0.15) is 5.75 Å².